The van der Waals surface area contributed by atoms with E-state index in [0.29, 0.717) is 0 Å². The van der Waals surface area contributed by atoms with Gasteiger partial charge in [-0.05, 0) is 42.0 Å². The number of hydrogen-bond acceptors (Lipinski definition) is 5. The van der Waals surface area contributed by atoms with Crippen LogP contribution in [-0.4, -0.2) is 9.85 Å². The van der Waals surface area contributed by atoms with E-state index in [1.165, 1.54) is 6.07 Å². The molecule has 8 heteroatoms. The number of anilines is 1. The molecule has 1 aliphatic heterocycles. The largest absolute Gasteiger partial charge is 0.377 e. The quantitative estimate of drug-likeness (QED) is 0.439. The molecule has 1 N–H and O–H groups in total. The zero-order chi connectivity index (χ0) is 19.3. The first-order chi connectivity index (χ1) is 12.9. The number of benzene rings is 2. The van der Waals surface area contributed by atoms with Gasteiger partial charge in [-0.3, -0.25) is 20.2 Å². The van der Waals surface area contributed by atoms with Crippen LogP contribution in [0.3, 0.4) is 0 Å². The average molecular weight is 386 g/mol. The lowest BCUT2D eigenvalue weighted by Crippen LogP contribution is -2.29. The maximum absolute atomic E-state index is 11.3. The third kappa shape index (κ3) is 2.84. The van der Waals surface area contributed by atoms with Crippen LogP contribution >= 0.6 is 11.6 Å². The first-order valence-electron chi connectivity index (χ1n) is 8.53. The van der Waals surface area contributed by atoms with Crippen LogP contribution in [0, 0.1) is 33.1 Å². The normalized spacial score (nSPS) is 22.7. The van der Waals surface area contributed by atoms with Gasteiger partial charge in [0.25, 0.3) is 11.4 Å². The summed E-state index contributed by atoms with van der Waals surface area (Å²) in [5, 5.41) is 26.1. The van der Waals surface area contributed by atoms with Crippen LogP contribution in [0.4, 0.5) is 17.1 Å². The van der Waals surface area contributed by atoms with E-state index in [1.54, 1.807) is 24.3 Å². The molecular weight excluding hydrogens is 370 g/mol. The third-order valence-corrected chi connectivity index (χ3v) is 5.71. The van der Waals surface area contributed by atoms with Crippen LogP contribution in [0.1, 0.15) is 35.1 Å². The summed E-state index contributed by atoms with van der Waals surface area (Å²) in [6, 6.07) is 7.89. The number of rotatable bonds is 3. The second-order valence-corrected chi connectivity index (χ2v) is 7.33. The van der Waals surface area contributed by atoms with Crippen LogP contribution in [0.15, 0.2) is 42.5 Å². The lowest BCUT2D eigenvalue weighted by atomic mass is 9.76. The molecule has 1 heterocycles. The molecule has 27 heavy (non-hydrogen) atoms. The molecule has 0 radical (unpaired) electrons. The van der Waals surface area contributed by atoms with Crippen molar-refractivity contribution < 1.29 is 9.85 Å². The number of halogens is 1. The van der Waals surface area contributed by atoms with Crippen LogP contribution in [0.25, 0.3) is 0 Å². The van der Waals surface area contributed by atoms with Crippen molar-refractivity contribution in [2.45, 2.75) is 25.3 Å². The summed E-state index contributed by atoms with van der Waals surface area (Å²) in [5.74, 6) is 0.152. The molecule has 3 atom stereocenters. The highest BCUT2D eigenvalue weighted by Crippen LogP contribution is 2.51. The van der Waals surface area contributed by atoms with Crippen LogP contribution in [0.5, 0.6) is 0 Å². The molecule has 2 aromatic rings. The Morgan fingerprint density at radius 2 is 1.93 bits per heavy atom. The number of nitrogens with zero attached hydrogens (tertiary/aromatic N) is 2. The SMILES string of the molecule is Cc1cc([N+](=O)[O-])cc2c1N[C@H](c1ccc(Cl)c([N+](=O)[O-])c1)[C@H]1CC=C[C@@H]21. The van der Waals surface area contributed by atoms with Crippen LogP contribution in [0.2, 0.25) is 5.02 Å². The smallest absolute Gasteiger partial charge is 0.288 e. The lowest BCUT2D eigenvalue weighted by molar-refractivity contribution is -0.385. The molecule has 2 aromatic carbocycles. The van der Waals surface area contributed by atoms with Gasteiger partial charge in [0.15, 0.2) is 0 Å². The first-order valence-corrected chi connectivity index (χ1v) is 8.90. The second-order valence-electron chi connectivity index (χ2n) is 6.93. The highest BCUT2D eigenvalue weighted by atomic mass is 35.5. The molecule has 0 bridgehead atoms. The number of allylic oxidation sites excluding steroid dienone is 2. The predicted octanol–water partition coefficient (Wildman–Crippen LogP) is 5.29. The number of nitro groups is 2. The Morgan fingerprint density at radius 1 is 1.15 bits per heavy atom. The molecule has 0 unspecified atom stereocenters. The molecule has 0 fully saturated rings. The van der Waals surface area contributed by atoms with E-state index < -0.39 is 4.92 Å². The lowest BCUT2D eigenvalue weighted by Gasteiger charge is -2.38. The molecule has 0 amide bonds. The van der Waals surface area contributed by atoms with Gasteiger partial charge in [0, 0.05) is 29.8 Å². The molecule has 0 saturated carbocycles. The zero-order valence-electron chi connectivity index (χ0n) is 14.4. The summed E-state index contributed by atoms with van der Waals surface area (Å²) in [7, 11) is 0. The van der Waals surface area contributed by atoms with Crippen molar-refractivity contribution in [3.63, 3.8) is 0 Å². The van der Waals surface area contributed by atoms with E-state index in [4.69, 9.17) is 11.6 Å². The van der Waals surface area contributed by atoms with E-state index in [2.05, 4.69) is 17.5 Å². The first kappa shape index (κ1) is 17.5. The highest BCUT2D eigenvalue weighted by Gasteiger charge is 2.39. The third-order valence-electron chi connectivity index (χ3n) is 5.39. The zero-order valence-corrected chi connectivity index (χ0v) is 15.1. The summed E-state index contributed by atoms with van der Waals surface area (Å²) in [6.07, 6.45) is 4.93. The van der Waals surface area contributed by atoms with Gasteiger partial charge in [-0.1, -0.05) is 29.8 Å². The summed E-state index contributed by atoms with van der Waals surface area (Å²) in [5.41, 5.74) is 3.29. The second kappa shape index (κ2) is 6.35. The van der Waals surface area contributed by atoms with E-state index >= 15 is 0 Å². The van der Waals surface area contributed by atoms with Crippen LogP contribution < -0.4 is 5.32 Å². The van der Waals surface area contributed by atoms with E-state index in [1.807, 2.05) is 6.92 Å². The maximum Gasteiger partial charge on any atom is 0.288 e. The predicted molar refractivity (Wildman–Crippen MR) is 102 cm³/mol. The van der Waals surface area contributed by atoms with Gasteiger partial charge in [-0.15, -0.1) is 0 Å². The molecule has 2 aliphatic rings. The summed E-state index contributed by atoms with van der Waals surface area (Å²) in [4.78, 5) is 21.6. The van der Waals surface area contributed by atoms with Gasteiger partial charge >= 0.3 is 0 Å². The van der Waals surface area contributed by atoms with Gasteiger partial charge in [0.1, 0.15) is 5.02 Å². The molecule has 0 saturated heterocycles. The van der Waals surface area contributed by atoms with E-state index in [9.17, 15) is 20.2 Å². The van der Waals surface area contributed by atoms with Crippen LogP contribution in [-0.2, 0) is 0 Å². The van der Waals surface area contributed by atoms with Gasteiger partial charge in [0.05, 0.1) is 15.9 Å². The number of fused-ring (bicyclic) bond motifs is 3. The Bertz CT molecular complexity index is 1000. The number of nitro benzene ring substituents is 2. The average Bonchev–Trinajstić information content (AvgIpc) is 3.11. The molecule has 138 valence electrons. The Hall–Kier alpha value is -2.93. The molecular formula is C19H16ClN3O4. The van der Waals surface area contributed by atoms with Crippen molar-refractivity contribution in [1.29, 1.82) is 0 Å². The van der Waals surface area contributed by atoms with E-state index in [0.717, 1.165) is 28.8 Å². The molecule has 0 spiro atoms. The van der Waals surface area contributed by atoms with Gasteiger partial charge in [-0.25, -0.2) is 0 Å². The molecule has 4 rings (SSSR count). The Morgan fingerprint density at radius 3 is 2.63 bits per heavy atom. The Labute approximate surface area is 160 Å². The Balaban J connectivity index is 1.82. The van der Waals surface area contributed by atoms with Gasteiger partial charge < -0.3 is 5.32 Å². The minimum Gasteiger partial charge on any atom is -0.377 e. The summed E-state index contributed by atoms with van der Waals surface area (Å²) < 4.78 is 0. The van der Waals surface area contributed by atoms with E-state index in [-0.39, 0.29) is 39.2 Å². The molecule has 0 aromatic heterocycles. The van der Waals surface area contributed by atoms with Crippen molar-refractivity contribution in [3.05, 3.63) is 84.4 Å². The fourth-order valence-corrected chi connectivity index (χ4v) is 4.35. The number of aryl methyl sites for hydroxylation is 1. The minimum absolute atomic E-state index is 0.0274. The van der Waals surface area contributed by atoms with Crippen molar-refractivity contribution in [1.82, 2.24) is 0 Å². The Kier molecular flexibility index (Phi) is 4.11. The molecule has 1 aliphatic carbocycles. The summed E-state index contributed by atoms with van der Waals surface area (Å²) >= 11 is 5.96. The highest BCUT2D eigenvalue weighted by molar-refractivity contribution is 6.32. The van der Waals surface area contributed by atoms with Gasteiger partial charge in [-0.2, -0.15) is 0 Å². The minimum atomic E-state index is -0.485. The maximum atomic E-state index is 11.3. The molecule has 7 nitrogen and oxygen atoms in total. The number of nitrogens with one attached hydrogen (secondary N) is 1. The summed E-state index contributed by atoms with van der Waals surface area (Å²) in [6.45, 7) is 1.83. The van der Waals surface area contributed by atoms with Gasteiger partial charge in [0.2, 0.25) is 0 Å². The fraction of sp³-hybridized carbons (Fsp3) is 0.263. The standard InChI is InChI=1S/C19H16ClN3O4/c1-10-7-12(22(24)25)9-15-13-3-2-4-14(13)19(21-18(10)15)11-5-6-16(20)17(8-11)23(26)27/h2-3,5-9,13-14,19,21H,4H2,1H3/t13-,14+,19-/m1/s1. The van der Waals surface area contributed by atoms with Crippen molar-refractivity contribution >= 4 is 28.7 Å². The topological polar surface area (TPSA) is 98.3 Å². The number of non-ortho nitro benzene ring substituents is 1. The monoisotopic (exact) mass is 385 g/mol. The van der Waals surface area contributed by atoms with Crippen molar-refractivity contribution in [2.75, 3.05) is 5.32 Å². The number of hydrogen-bond donors (Lipinski definition) is 1. The van der Waals surface area contributed by atoms with Crippen molar-refractivity contribution in [3.8, 4) is 0 Å². The van der Waals surface area contributed by atoms with Crippen molar-refractivity contribution in [2.24, 2.45) is 5.92 Å². The fourth-order valence-electron chi connectivity index (χ4n) is 4.17.